The van der Waals surface area contributed by atoms with Crippen LogP contribution in [0.1, 0.15) is 34.7 Å². The van der Waals surface area contributed by atoms with Gasteiger partial charge in [0.1, 0.15) is 17.6 Å². The van der Waals surface area contributed by atoms with Gasteiger partial charge in [-0.3, -0.25) is 4.79 Å². The Morgan fingerprint density at radius 1 is 0.424 bits per heavy atom. The zero-order chi connectivity index (χ0) is 48.1. The Morgan fingerprint density at radius 2 is 0.697 bits per heavy atom. The van der Waals surface area contributed by atoms with Crippen molar-refractivity contribution in [3.8, 4) is 5.75 Å². The zero-order valence-electron chi connectivity index (χ0n) is 34.3. The lowest BCUT2D eigenvalue weighted by Crippen LogP contribution is -2.74. The van der Waals surface area contributed by atoms with Crippen LogP contribution in [0.25, 0.3) is 0 Å². The lowest BCUT2D eigenvalue weighted by Gasteiger charge is -2.44. The average Bonchev–Trinajstić information content (AvgIpc) is 3.27. The van der Waals surface area contributed by atoms with E-state index in [-0.39, 0.29) is 27.8 Å². The molecule has 0 saturated heterocycles. The summed E-state index contributed by atoms with van der Waals surface area (Å²) in [5, 5.41) is 0. The Labute approximate surface area is 372 Å². The topological polar surface area (TPSA) is 43.4 Å². The van der Waals surface area contributed by atoms with Gasteiger partial charge in [-0.25, -0.2) is 0 Å². The summed E-state index contributed by atoms with van der Waals surface area (Å²) in [5.41, 5.74) is -3.37. The first-order valence-electron chi connectivity index (χ1n) is 19.7. The Kier molecular flexibility index (Phi) is 14.1. The molecule has 0 aromatic heterocycles. The Hall–Kier alpha value is -6.62. The SMILES string of the molecule is CC(=O)Oc1ccc(C[S+](=O)(c2ccccc2)c2ccccc2)cc1.FC(F)(F)c1ccc([B-](c2ccc(C(F)(F)F)cc2)(c2ccc(C(F)(F)F)cc2)c2ccc(C(F)(F)F)cc2)cc1. The van der Waals surface area contributed by atoms with Gasteiger partial charge in [0.05, 0.1) is 22.3 Å². The Morgan fingerprint density at radius 3 is 0.939 bits per heavy atom. The molecule has 7 aromatic carbocycles. The van der Waals surface area contributed by atoms with Crippen molar-refractivity contribution in [3.63, 3.8) is 0 Å². The molecule has 0 heterocycles. The molecule has 0 aliphatic heterocycles. The molecule has 0 bridgehead atoms. The van der Waals surface area contributed by atoms with Gasteiger partial charge in [0.15, 0.2) is 19.7 Å². The van der Waals surface area contributed by atoms with E-state index in [1.165, 1.54) is 6.92 Å². The largest absolute Gasteiger partial charge is 0.427 e. The Bertz CT molecular complexity index is 2480. The van der Waals surface area contributed by atoms with E-state index in [4.69, 9.17) is 4.74 Å². The summed E-state index contributed by atoms with van der Waals surface area (Å²) in [6.07, 6.45) is -22.0. The van der Waals surface area contributed by atoms with Crippen LogP contribution in [0.15, 0.2) is 192 Å². The molecule has 0 amide bonds. The van der Waals surface area contributed by atoms with Crippen LogP contribution in [0, 0.1) is 0 Å². The van der Waals surface area contributed by atoms with Crippen LogP contribution in [0.5, 0.6) is 5.75 Å². The number of esters is 1. The summed E-state index contributed by atoms with van der Waals surface area (Å²) in [7, 11) is -2.44. The molecular formula is C49H35BF12O3S. The van der Waals surface area contributed by atoms with E-state index in [0.717, 1.165) is 63.9 Å². The third-order valence-corrected chi connectivity index (χ3v) is 13.6. The summed E-state index contributed by atoms with van der Waals surface area (Å²) >= 11 is 0. The maximum atomic E-state index is 13.9. The first-order valence-corrected chi connectivity index (χ1v) is 21.4. The van der Waals surface area contributed by atoms with Gasteiger partial charge < -0.3 is 4.74 Å². The number of hydrogen-bond donors (Lipinski definition) is 0. The van der Waals surface area contributed by atoms with Gasteiger partial charge >= 0.3 is 30.7 Å². The highest BCUT2D eigenvalue weighted by molar-refractivity contribution is 8.02. The second-order valence-corrected chi connectivity index (χ2v) is 17.6. The minimum atomic E-state index is -4.77. The molecule has 0 N–H and O–H groups in total. The lowest BCUT2D eigenvalue weighted by atomic mass is 9.13. The molecule has 17 heteroatoms. The van der Waals surface area contributed by atoms with Crippen molar-refractivity contribution >= 4 is 43.9 Å². The second-order valence-electron chi connectivity index (χ2n) is 15.0. The Balaban J connectivity index is 0.000000245. The van der Waals surface area contributed by atoms with Crippen molar-refractivity contribution in [1.82, 2.24) is 0 Å². The standard InChI is InChI=1S/C28H16BF12.C21H19O3S/c30-25(31,32)17-1-9-21(10-2-17)29(22-11-3-18(4-12-22)26(33,34)35,23-13-5-19(6-14-23)27(36,37)38)24-15-7-20(8-16-24)28(39,40)41;1-17(22)24-19-14-12-18(13-15-19)16-25(23,20-8-4-2-5-9-20)21-10-6-3-7-11-21/h1-16H;2-15H,16H2,1H3/q-1;+1. The molecule has 0 aliphatic rings. The molecule has 0 unspecified atom stereocenters. The van der Waals surface area contributed by atoms with Crippen LogP contribution < -0.4 is 26.6 Å². The number of alkyl halides is 12. The molecule has 0 radical (unpaired) electrons. The van der Waals surface area contributed by atoms with Crippen molar-refractivity contribution in [1.29, 1.82) is 0 Å². The zero-order valence-corrected chi connectivity index (χ0v) is 35.1. The van der Waals surface area contributed by atoms with Gasteiger partial charge in [-0.2, -0.15) is 74.5 Å². The third-order valence-electron chi connectivity index (χ3n) is 10.8. The van der Waals surface area contributed by atoms with Crippen molar-refractivity contribution in [3.05, 3.63) is 210 Å². The summed E-state index contributed by atoms with van der Waals surface area (Å²) < 4.78 is 179. The molecule has 0 spiro atoms. The van der Waals surface area contributed by atoms with Gasteiger partial charge in [-0.15, -0.1) is 0 Å². The second kappa shape index (κ2) is 19.1. The lowest BCUT2D eigenvalue weighted by molar-refractivity contribution is -0.138. The smallest absolute Gasteiger partial charge is 0.416 e. The number of rotatable bonds is 9. The quantitative estimate of drug-likeness (QED) is 0.0476. The molecule has 3 nitrogen and oxygen atoms in total. The van der Waals surface area contributed by atoms with Crippen molar-refractivity contribution in [2.45, 2.75) is 47.2 Å². The summed E-state index contributed by atoms with van der Waals surface area (Å²) in [6, 6.07) is 39.8. The molecule has 0 saturated carbocycles. The highest BCUT2D eigenvalue weighted by Gasteiger charge is 2.39. The fourth-order valence-electron chi connectivity index (χ4n) is 7.64. The maximum absolute atomic E-state index is 13.9. The van der Waals surface area contributed by atoms with E-state index in [1.807, 2.05) is 72.8 Å². The molecule has 66 heavy (non-hydrogen) atoms. The summed E-state index contributed by atoms with van der Waals surface area (Å²) in [5.74, 6) is 0.522. The summed E-state index contributed by atoms with van der Waals surface area (Å²) in [6.45, 7) is 1.37. The van der Waals surface area contributed by atoms with Crippen LogP contribution in [0.2, 0.25) is 0 Å². The predicted molar refractivity (Wildman–Crippen MR) is 229 cm³/mol. The van der Waals surface area contributed by atoms with E-state index in [2.05, 4.69) is 0 Å². The molecule has 0 aliphatic carbocycles. The number of carbonyl (C=O) groups excluding carboxylic acids is 1. The molecule has 7 aromatic rings. The molecule has 7 rings (SSSR count). The predicted octanol–water partition coefficient (Wildman–Crippen LogP) is 11.9. The minimum Gasteiger partial charge on any atom is -0.427 e. The van der Waals surface area contributed by atoms with Crippen molar-refractivity contribution < 1.29 is 66.4 Å². The maximum Gasteiger partial charge on any atom is 0.416 e. The summed E-state index contributed by atoms with van der Waals surface area (Å²) in [4.78, 5) is 12.6. The van der Waals surface area contributed by atoms with Crippen molar-refractivity contribution in [2.24, 2.45) is 0 Å². The monoisotopic (exact) mass is 942 g/mol. The first kappa shape index (κ1) is 48.8. The average molecular weight is 943 g/mol. The van der Waals surface area contributed by atoms with Gasteiger partial charge in [0.2, 0.25) is 0 Å². The number of halogens is 12. The number of benzene rings is 7. The van der Waals surface area contributed by atoms with Crippen LogP contribution in [-0.4, -0.2) is 12.1 Å². The highest BCUT2D eigenvalue weighted by Crippen LogP contribution is 2.35. The van der Waals surface area contributed by atoms with E-state index in [0.29, 0.717) is 60.0 Å². The number of hydrogen-bond acceptors (Lipinski definition) is 3. The first-order chi connectivity index (χ1) is 30.9. The van der Waals surface area contributed by atoms with Gasteiger partial charge in [0.25, 0.3) is 0 Å². The molecule has 0 fully saturated rings. The van der Waals surface area contributed by atoms with E-state index >= 15 is 0 Å². The fraction of sp³-hybridized carbons (Fsp3) is 0.122. The van der Waals surface area contributed by atoms with Gasteiger partial charge in [0, 0.05) is 12.5 Å². The van der Waals surface area contributed by atoms with Crippen LogP contribution in [0.3, 0.4) is 0 Å². The van der Waals surface area contributed by atoms with E-state index in [1.54, 1.807) is 12.1 Å². The van der Waals surface area contributed by atoms with Crippen LogP contribution in [0.4, 0.5) is 52.7 Å². The van der Waals surface area contributed by atoms with E-state index < -0.39 is 63.0 Å². The number of carbonyl (C=O) groups is 1. The third kappa shape index (κ3) is 11.1. The van der Waals surface area contributed by atoms with E-state index in [9.17, 15) is 61.7 Å². The highest BCUT2D eigenvalue weighted by atomic mass is 32.2. The van der Waals surface area contributed by atoms with Crippen molar-refractivity contribution in [2.75, 3.05) is 0 Å². The normalized spacial score (nSPS) is 12.5. The fourth-order valence-corrected chi connectivity index (χ4v) is 10.1. The van der Waals surface area contributed by atoms with Gasteiger partial charge in [-0.05, 0) is 36.4 Å². The molecule has 0 atom stereocenters. The molecular weight excluding hydrogens is 907 g/mol. The van der Waals surface area contributed by atoms with Crippen LogP contribution >= 0.6 is 0 Å². The minimum absolute atomic E-state index is 0.0114. The molecule has 342 valence electrons. The number of ether oxygens (including phenoxy) is 1. The van der Waals surface area contributed by atoms with Crippen LogP contribution in [-0.2, 0) is 49.4 Å². The van der Waals surface area contributed by atoms with Gasteiger partial charge in [-0.1, -0.05) is 150 Å².